The number of halogens is 1. The maximum absolute atomic E-state index is 5.33. The van der Waals surface area contributed by atoms with E-state index in [1.165, 1.54) is 0 Å². The first-order valence-corrected chi connectivity index (χ1v) is 4.98. The molecule has 0 heterocycles. The van der Waals surface area contributed by atoms with E-state index >= 15 is 0 Å². The van der Waals surface area contributed by atoms with Gasteiger partial charge < -0.3 is 9.47 Å². The fourth-order valence-corrected chi connectivity index (χ4v) is 1.54. The number of rotatable bonds is 4. The molecule has 13 heavy (non-hydrogen) atoms. The highest BCUT2D eigenvalue weighted by Crippen LogP contribution is 2.27. The quantitative estimate of drug-likeness (QED) is 0.811. The molecule has 1 rings (SSSR count). The van der Waals surface area contributed by atoms with Crippen molar-refractivity contribution in [1.29, 1.82) is 0 Å². The van der Waals surface area contributed by atoms with Gasteiger partial charge in [0.25, 0.3) is 0 Å². The Kier molecular flexibility index (Phi) is 4.25. The topological polar surface area (TPSA) is 18.5 Å². The molecule has 0 aliphatic heterocycles. The van der Waals surface area contributed by atoms with E-state index in [4.69, 9.17) is 9.47 Å². The summed E-state index contributed by atoms with van der Waals surface area (Å²) in [6, 6.07) is 5.86. The van der Waals surface area contributed by atoms with Crippen LogP contribution >= 0.6 is 15.9 Å². The molecule has 0 aromatic heterocycles. The van der Waals surface area contributed by atoms with Crippen LogP contribution in [0.4, 0.5) is 0 Å². The summed E-state index contributed by atoms with van der Waals surface area (Å²) in [6.07, 6.45) is 0. The average Bonchev–Trinajstić information content (AvgIpc) is 2.15. The Bertz CT molecular complexity index is 274. The number of ether oxygens (including phenoxy) is 2. The van der Waals surface area contributed by atoms with Gasteiger partial charge in [0, 0.05) is 16.6 Å². The van der Waals surface area contributed by atoms with Crippen LogP contribution in [-0.4, -0.2) is 13.7 Å². The van der Waals surface area contributed by atoms with E-state index in [2.05, 4.69) is 15.9 Å². The highest BCUT2D eigenvalue weighted by atomic mass is 79.9. The normalized spacial score (nSPS) is 10.1. The Morgan fingerprint density at radius 3 is 2.77 bits per heavy atom. The summed E-state index contributed by atoms with van der Waals surface area (Å²) < 4.78 is 11.6. The summed E-state index contributed by atoms with van der Waals surface area (Å²) in [5.74, 6) is 0.864. The van der Waals surface area contributed by atoms with E-state index in [9.17, 15) is 0 Å². The molecule has 1 aromatic rings. The monoisotopic (exact) mass is 244 g/mol. The molecule has 0 saturated carbocycles. The molecule has 2 nitrogen and oxygen atoms in total. The first-order valence-electron chi connectivity index (χ1n) is 4.18. The Hall–Kier alpha value is -0.540. The van der Waals surface area contributed by atoms with E-state index in [-0.39, 0.29) is 0 Å². The maximum atomic E-state index is 5.33. The number of hydrogen-bond acceptors (Lipinski definition) is 2. The van der Waals surface area contributed by atoms with E-state index < -0.39 is 0 Å². The molecule has 0 aliphatic carbocycles. The van der Waals surface area contributed by atoms with Crippen LogP contribution in [0.5, 0.6) is 5.75 Å². The van der Waals surface area contributed by atoms with Crippen LogP contribution in [0.1, 0.15) is 12.5 Å². The SMILES string of the molecule is CCOCc1c(Br)cccc1OC. The Labute approximate surface area is 87.0 Å². The van der Waals surface area contributed by atoms with Crippen LogP contribution in [0.2, 0.25) is 0 Å². The standard InChI is InChI=1S/C10H13BrO2/c1-3-13-7-8-9(11)5-4-6-10(8)12-2/h4-6H,3,7H2,1-2H3. The predicted molar refractivity (Wildman–Crippen MR) is 56.0 cm³/mol. The molecular weight excluding hydrogens is 232 g/mol. The molecule has 0 spiro atoms. The summed E-state index contributed by atoms with van der Waals surface area (Å²) in [7, 11) is 1.66. The summed E-state index contributed by atoms with van der Waals surface area (Å²) in [5.41, 5.74) is 1.06. The molecule has 0 amide bonds. The van der Waals surface area contributed by atoms with E-state index in [0.717, 1.165) is 15.8 Å². The largest absolute Gasteiger partial charge is 0.496 e. The lowest BCUT2D eigenvalue weighted by molar-refractivity contribution is 0.131. The van der Waals surface area contributed by atoms with Crippen molar-refractivity contribution in [2.24, 2.45) is 0 Å². The first kappa shape index (κ1) is 10.5. The zero-order valence-electron chi connectivity index (χ0n) is 7.84. The molecule has 0 radical (unpaired) electrons. The zero-order chi connectivity index (χ0) is 9.68. The second-order valence-electron chi connectivity index (χ2n) is 2.56. The fourth-order valence-electron chi connectivity index (χ4n) is 1.07. The van der Waals surface area contributed by atoms with Crippen LogP contribution in [0.3, 0.4) is 0 Å². The van der Waals surface area contributed by atoms with Crippen LogP contribution < -0.4 is 4.74 Å². The molecule has 1 aromatic carbocycles. The smallest absolute Gasteiger partial charge is 0.125 e. The summed E-state index contributed by atoms with van der Waals surface area (Å²) in [6.45, 7) is 3.27. The molecule has 0 saturated heterocycles. The summed E-state index contributed by atoms with van der Waals surface area (Å²) >= 11 is 3.46. The summed E-state index contributed by atoms with van der Waals surface area (Å²) in [4.78, 5) is 0. The second kappa shape index (κ2) is 5.25. The van der Waals surface area contributed by atoms with Crippen LogP contribution in [-0.2, 0) is 11.3 Å². The maximum Gasteiger partial charge on any atom is 0.125 e. The van der Waals surface area contributed by atoms with Gasteiger partial charge in [-0.05, 0) is 19.1 Å². The van der Waals surface area contributed by atoms with Crippen molar-refractivity contribution in [2.45, 2.75) is 13.5 Å². The van der Waals surface area contributed by atoms with Crippen LogP contribution in [0.25, 0.3) is 0 Å². The molecule has 0 aliphatic rings. The molecule has 72 valence electrons. The molecule has 0 bridgehead atoms. The van der Waals surface area contributed by atoms with Crippen molar-refractivity contribution in [1.82, 2.24) is 0 Å². The zero-order valence-corrected chi connectivity index (χ0v) is 9.43. The van der Waals surface area contributed by atoms with Gasteiger partial charge in [0.1, 0.15) is 5.75 Å². The van der Waals surface area contributed by atoms with Gasteiger partial charge in [-0.15, -0.1) is 0 Å². The highest BCUT2D eigenvalue weighted by molar-refractivity contribution is 9.10. The van der Waals surface area contributed by atoms with Crippen molar-refractivity contribution >= 4 is 15.9 Å². The molecular formula is C10H13BrO2. The molecule has 0 fully saturated rings. The lowest BCUT2D eigenvalue weighted by Crippen LogP contribution is -1.97. The lowest BCUT2D eigenvalue weighted by atomic mass is 10.2. The molecule has 0 unspecified atom stereocenters. The highest BCUT2D eigenvalue weighted by Gasteiger charge is 2.05. The summed E-state index contributed by atoms with van der Waals surface area (Å²) in [5, 5.41) is 0. The lowest BCUT2D eigenvalue weighted by Gasteiger charge is -2.09. The van der Waals surface area contributed by atoms with Crippen molar-refractivity contribution in [3.8, 4) is 5.75 Å². The minimum absolute atomic E-state index is 0.584. The van der Waals surface area contributed by atoms with Gasteiger partial charge in [0.05, 0.1) is 13.7 Å². The molecule has 0 N–H and O–H groups in total. The third kappa shape index (κ3) is 2.71. The van der Waals surface area contributed by atoms with Gasteiger partial charge in [-0.25, -0.2) is 0 Å². The van der Waals surface area contributed by atoms with Crippen molar-refractivity contribution in [3.05, 3.63) is 28.2 Å². The van der Waals surface area contributed by atoms with Crippen molar-refractivity contribution < 1.29 is 9.47 Å². The van der Waals surface area contributed by atoms with Gasteiger partial charge in [-0.3, -0.25) is 0 Å². The van der Waals surface area contributed by atoms with Crippen LogP contribution in [0, 0.1) is 0 Å². The van der Waals surface area contributed by atoms with E-state index in [1.807, 2.05) is 25.1 Å². The number of hydrogen-bond donors (Lipinski definition) is 0. The second-order valence-corrected chi connectivity index (χ2v) is 3.41. The van der Waals surface area contributed by atoms with Gasteiger partial charge in [-0.1, -0.05) is 22.0 Å². The van der Waals surface area contributed by atoms with Crippen LogP contribution in [0.15, 0.2) is 22.7 Å². The minimum Gasteiger partial charge on any atom is -0.496 e. The Morgan fingerprint density at radius 1 is 1.38 bits per heavy atom. The third-order valence-corrected chi connectivity index (χ3v) is 2.49. The Balaban J connectivity index is 2.87. The predicted octanol–water partition coefficient (Wildman–Crippen LogP) is 2.99. The van der Waals surface area contributed by atoms with Gasteiger partial charge in [-0.2, -0.15) is 0 Å². The van der Waals surface area contributed by atoms with Gasteiger partial charge in [0.15, 0.2) is 0 Å². The molecule has 3 heteroatoms. The van der Waals surface area contributed by atoms with Crippen molar-refractivity contribution in [3.63, 3.8) is 0 Å². The fraction of sp³-hybridized carbons (Fsp3) is 0.400. The van der Waals surface area contributed by atoms with Gasteiger partial charge >= 0.3 is 0 Å². The third-order valence-electron chi connectivity index (χ3n) is 1.75. The minimum atomic E-state index is 0.584. The molecule has 0 atom stereocenters. The van der Waals surface area contributed by atoms with Gasteiger partial charge in [0.2, 0.25) is 0 Å². The van der Waals surface area contributed by atoms with E-state index in [0.29, 0.717) is 13.2 Å². The number of benzene rings is 1. The Morgan fingerprint density at radius 2 is 2.15 bits per heavy atom. The first-order chi connectivity index (χ1) is 6.29. The van der Waals surface area contributed by atoms with E-state index in [1.54, 1.807) is 7.11 Å². The average molecular weight is 245 g/mol. The van der Waals surface area contributed by atoms with Crippen molar-refractivity contribution in [2.75, 3.05) is 13.7 Å². The number of methoxy groups -OCH3 is 1.